The quantitative estimate of drug-likeness (QED) is 0.495. The lowest BCUT2D eigenvalue weighted by Crippen LogP contribution is -2.32. The van der Waals surface area contributed by atoms with Crippen molar-refractivity contribution in [2.24, 2.45) is 5.10 Å². The van der Waals surface area contributed by atoms with Crippen molar-refractivity contribution in [3.8, 4) is 11.5 Å². The van der Waals surface area contributed by atoms with E-state index in [1.807, 2.05) is 19.1 Å². The Labute approximate surface area is 145 Å². The Morgan fingerprint density at radius 2 is 1.72 bits per heavy atom. The van der Waals surface area contributed by atoms with Gasteiger partial charge in [0.05, 0.1) is 20.4 Å². The van der Waals surface area contributed by atoms with Gasteiger partial charge in [-0.05, 0) is 31.2 Å². The molecule has 0 aliphatic rings. The molecule has 2 N–H and O–H groups in total. The molecular weight excluding hydrogens is 322 g/mol. The first-order valence-corrected chi connectivity index (χ1v) is 7.46. The molecule has 0 unspecified atom stereocenters. The van der Waals surface area contributed by atoms with Crippen molar-refractivity contribution in [3.63, 3.8) is 0 Å². The molecule has 0 heterocycles. The maximum absolute atomic E-state index is 11.8. The molecular formula is C18H19N3O4. The zero-order valence-electron chi connectivity index (χ0n) is 14.2. The molecule has 7 nitrogen and oxygen atoms in total. The number of hydrogen-bond donors (Lipinski definition) is 2. The zero-order valence-corrected chi connectivity index (χ0v) is 14.2. The summed E-state index contributed by atoms with van der Waals surface area (Å²) in [6.07, 6.45) is 1.38. The number of amides is 2. The average molecular weight is 341 g/mol. The fraction of sp³-hybridized carbons (Fsp3) is 0.167. The van der Waals surface area contributed by atoms with Gasteiger partial charge in [-0.3, -0.25) is 9.59 Å². The lowest BCUT2D eigenvalue weighted by molar-refractivity contribution is -0.136. The number of benzene rings is 2. The van der Waals surface area contributed by atoms with Gasteiger partial charge in [0, 0.05) is 17.3 Å². The maximum atomic E-state index is 11.8. The first-order chi connectivity index (χ1) is 12.0. The zero-order chi connectivity index (χ0) is 18.2. The fourth-order valence-corrected chi connectivity index (χ4v) is 1.96. The lowest BCUT2D eigenvalue weighted by Gasteiger charge is -2.07. The first-order valence-electron chi connectivity index (χ1n) is 7.46. The van der Waals surface area contributed by atoms with Crippen LogP contribution in [0.3, 0.4) is 0 Å². The molecule has 0 spiro atoms. The van der Waals surface area contributed by atoms with Crippen LogP contribution >= 0.6 is 0 Å². The summed E-state index contributed by atoms with van der Waals surface area (Å²) < 4.78 is 10.3. The molecule has 0 saturated heterocycles. The van der Waals surface area contributed by atoms with Crippen LogP contribution in [0.4, 0.5) is 5.69 Å². The van der Waals surface area contributed by atoms with E-state index in [1.54, 1.807) is 37.4 Å². The van der Waals surface area contributed by atoms with Gasteiger partial charge in [0.25, 0.3) is 0 Å². The predicted molar refractivity (Wildman–Crippen MR) is 95.1 cm³/mol. The second-order valence-electron chi connectivity index (χ2n) is 5.13. The number of carbonyl (C=O) groups is 2. The predicted octanol–water partition coefficient (Wildman–Crippen LogP) is 2.10. The third kappa shape index (κ3) is 5.07. The van der Waals surface area contributed by atoms with E-state index in [0.717, 1.165) is 5.56 Å². The molecule has 7 heteroatoms. The van der Waals surface area contributed by atoms with Gasteiger partial charge < -0.3 is 14.8 Å². The van der Waals surface area contributed by atoms with Crippen molar-refractivity contribution in [2.45, 2.75) is 6.92 Å². The molecule has 0 aromatic heterocycles. The number of methoxy groups -OCH3 is 2. The average Bonchev–Trinajstić information content (AvgIpc) is 2.63. The van der Waals surface area contributed by atoms with Crippen molar-refractivity contribution in [2.75, 3.05) is 19.5 Å². The van der Waals surface area contributed by atoms with Gasteiger partial charge in [-0.15, -0.1) is 0 Å². The molecule has 0 aliphatic carbocycles. The summed E-state index contributed by atoms with van der Waals surface area (Å²) in [7, 11) is 3.06. The van der Waals surface area contributed by atoms with E-state index in [4.69, 9.17) is 9.47 Å². The number of carbonyl (C=O) groups excluding carboxylic acids is 2. The molecule has 2 amide bonds. The fourth-order valence-electron chi connectivity index (χ4n) is 1.96. The highest BCUT2D eigenvalue weighted by atomic mass is 16.5. The second-order valence-corrected chi connectivity index (χ2v) is 5.13. The highest BCUT2D eigenvalue weighted by molar-refractivity contribution is 6.39. The van der Waals surface area contributed by atoms with Crippen LogP contribution in [-0.4, -0.2) is 32.2 Å². The highest BCUT2D eigenvalue weighted by Crippen LogP contribution is 2.22. The first kappa shape index (κ1) is 18.0. The summed E-state index contributed by atoms with van der Waals surface area (Å²) in [6.45, 7) is 1.93. The summed E-state index contributed by atoms with van der Waals surface area (Å²) in [5, 5.41) is 6.27. The minimum atomic E-state index is -0.871. The summed E-state index contributed by atoms with van der Waals surface area (Å²) in [5.41, 5.74) is 4.39. The molecule has 0 fully saturated rings. The van der Waals surface area contributed by atoms with Crippen molar-refractivity contribution in [3.05, 3.63) is 53.6 Å². The number of anilines is 1. The molecule has 0 bridgehead atoms. The molecule has 2 aromatic rings. The topological polar surface area (TPSA) is 89.0 Å². The SMILES string of the molecule is COc1ccc(/C=N/NC(=O)C(=O)Nc2ccc(C)cc2)c(OC)c1. The van der Waals surface area contributed by atoms with E-state index in [2.05, 4.69) is 15.8 Å². The van der Waals surface area contributed by atoms with Crippen LogP contribution in [0.1, 0.15) is 11.1 Å². The number of aryl methyl sites for hydroxylation is 1. The largest absolute Gasteiger partial charge is 0.497 e. The van der Waals surface area contributed by atoms with Crippen molar-refractivity contribution in [1.29, 1.82) is 0 Å². The van der Waals surface area contributed by atoms with Crippen molar-refractivity contribution < 1.29 is 19.1 Å². The number of hydrogen-bond acceptors (Lipinski definition) is 5. The molecule has 0 aliphatic heterocycles. The molecule has 2 rings (SSSR count). The minimum Gasteiger partial charge on any atom is -0.497 e. The van der Waals surface area contributed by atoms with Gasteiger partial charge in [-0.25, -0.2) is 5.43 Å². The Hall–Kier alpha value is -3.35. The van der Waals surface area contributed by atoms with E-state index < -0.39 is 11.8 Å². The van der Waals surface area contributed by atoms with Crippen LogP contribution in [0.2, 0.25) is 0 Å². The van der Waals surface area contributed by atoms with E-state index >= 15 is 0 Å². The Morgan fingerprint density at radius 1 is 1.00 bits per heavy atom. The van der Waals surface area contributed by atoms with Crippen LogP contribution < -0.4 is 20.2 Å². The number of nitrogens with zero attached hydrogens (tertiary/aromatic N) is 1. The maximum Gasteiger partial charge on any atom is 0.329 e. The van der Waals surface area contributed by atoms with Crippen LogP contribution in [-0.2, 0) is 9.59 Å². The van der Waals surface area contributed by atoms with Gasteiger partial charge >= 0.3 is 11.8 Å². The van der Waals surface area contributed by atoms with Gasteiger partial charge in [-0.1, -0.05) is 17.7 Å². The molecule has 0 saturated carbocycles. The van der Waals surface area contributed by atoms with Gasteiger partial charge in [-0.2, -0.15) is 5.10 Å². The lowest BCUT2D eigenvalue weighted by atomic mass is 10.2. The Kier molecular flexibility index (Phi) is 6.11. The molecule has 0 atom stereocenters. The van der Waals surface area contributed by atoms with Gasteiger partial charge in [0.2, 0.25) is 0 Å². The van der Waals surface area contributed by atoms with Crippen LogP contribution in [0.5, 0.6) is 11.5 Å². The summed E-state index contributed by atoms with van der Waals surface area (Å²) in [4.78, 5) is 23.6. The normalized spacial score (nSPS) is 10.4. The Bertz CT molecular complexity index is 785. The minimum absolute atomic E-state index is 0.529. The smallest absolute Gasteiger partial charge is 0.329 e. The van der Waals surface area contributed by atoms with E-state index in [9.17, 15) is 9.59 Å². The molecule has 130 valence electrons. The molecule has 0 radical (unpaired) electrons. The van der Waals surface area contributed by atoms with Crippen LogP contribution in [0.15, 0.2) is 47.6 Å². The van der Waals surface area contributed by atoms with E-state index in [1.165, 1.54) is 13.3 Å². The third-order valence-corrected chi connectivity index (χ3v) is 3.33. The van der Waals surface area contributed by atoms with Crippen LogP contribution in [0.25, 0.3) is 0 Å². The third-order valence-electron chi connectivity index (χ3n) is 3.33. The number of nitrogens with one attached hydrogen (secondary N) is 2. The number of hydrazone groups is 1. The summed E-state index contributed by atoms with van der Waals surface area (Å²) >= 11 is 0. The van der Waals surface area contributed by atoms with Crippen molar-refractivity contribution >= 4 is 23.7 Å². The number of rotatable bonds is 5. The number of ether oxygens (including phenoxy) is 2. The van der Waals surface area contributed by atoms with E-state index in [-0.39, 0.29) is 0 Å². The summed E-state index contributed by atoms with van der Waals surface area (Å²) in [6, 6.07) is 12.2. The van der Waals surface area contributed by atoms with Crippen molar-refractivity contribution in [1.82, 2.24) is 5.43 Å². The van der Waals surface area contributed by atoms with Gasteiger partial charge in [0.15, 0.2) is 0 Å². The molecule has 2 aromatic carbocycles. The van der Waals surface area contributed by atoms with Gasteiger partial charge in [0.1, 0.15) is 11.5 Å². The second kappa shape index (κ2) is 8.49. The monoisotopic (exact) mass is 341 g/mol. The molecule has 25 heavy (non-hydrogen) atoms. The Balaban J connectivity index is 1.95. The highest BCUT2D eigenvalue weighted by Gasteiger charge is 2.12. The Morgan fingerprint density at radius 3 is 2.36 bits per heavy atom. The summed E-state index contributed by atoms with van der Waals surface area (Å²) in [5.74, 6) is -0.510. The van der Waals surface area contributed by atoms with Crippen LogP contribution in [0, 0.1) is 6.92 Å². The van der Waals surface area contributed by atoms with E-state index in [0.29, 0.717) is 22.7 Å². The standard InChI is InChI=1S/C18H19N3O4/c1-12-4-7-14(8-5-12)20-17(22)18(23)21-19-11-13-6-9-15(24-2)10-16(13)25-3/h4-11H,1-3H3,(H,20,22)(H,21,23)/b19-11+.